The van der Waals surface area contributed by atoms with Crippen molar-refractivity contribution in [3.05, 3.63) is 12.2 Å². The Kier molecular flexibility index (Phi) is 7.57. The third-order valence-electron chi connectivity index (χ3n) is 4.12. The molecule has 7 heteroatoms. The van der Waals surface area contributed by atoms with Crippen LogP contribution in [0, 0.1) is 5.92 Å². The van der Waals surface area contributed by atoms with Crippen LogP contribution >= 0.6 is 12.4 Å². The molecule has 2 amide bonds. The van der Waals surface area contributed by atoms with Crippen molar-refractivity contribution < 1.29 is 14.3 Å². The van der Waals surface area contributed by atoms with Gasteiger partial charge in [-0.05, 0) is 59.8 Å². The van der Waals surface area contributed by atoms with E-state index in [-0.39, 0.29) is 29.5 Å². The van der Waals surface area contributed by atoms with Crippen LogP contribution in [-0.2, 0) is 9.53 Å². The van der Waals surface area contributed by atoms with Gasteiger partial charge in [0.2, 0.25) is 0 Å². The van der Waals surface area contributed by atoms with E-state index in [2.05, 4.69) is 39.7 Å². The molecule has 1 fully saturated rings. The van der Waals surface area contributed by atoms with Crippen LogP contribution < -0.4 is 11.2 Å². The number of carbonyl (C=O) groups is 2. The van der Waals surface area contributed by atoms with Gasteiger partial charge >= 0.3 is 12.0 Å². The van der Waals surface area contributed by atoms with Gasteiger partial charge < -0.3 is 10.5 Å². The van der Waals surface area contributed by atoms with Crippen molar-refractivity contribution in [2.24, 2.45) is 11.7 Å². The molecule has 134 valence electrons. The van der Waals surface area contributed by atoms with Crippen molar-refractivity contribution in [2.75, 3.05) is 6.61 Å². The fourth-order valence-electron chi connectivity index (χ4n) is 3.55. The zero-order valence-electron chi connectivity index (χ0n) is 14.8. The van der Waals surface area contributed by atoms with Gasteiger partial charge in [0.1, 0.15) is 0 Å². The number of rotatable bonds is 5. The Labute approximate surface area is 145 Å². The van der Waals surface area contributed by atoms with E-state index in [1.54, 1.807) is 6.92 Å². The highest BCUT2D eigenvalue weighted by molar-refractivity contribution is 5.86. The lowest BCUT2D eigenvalue weighted by molar-refractivity contribution is -0.140. The maximum Gasteiger partial charge on any atom is 0.333 e. The van der Waals surface area contributed by atoms with Crippen molar-refractivity contribution in [1.82, 2.24) is 10.4 Å². The molecule has 23 heavy (non-hydrogen) atoms. The van der Waals surface area contributed by atoms with Gasteiger partial charge in [0.05, 0.1) is 6.61 Å². The SMILES string of the molecule is C=C(C)C(=O)OCCC1CC(C)(C)N(NC(N)=O)C(C)(C)C1.Cl. The zero-order valence-corrected chi connectivity index (χ0v) is 15.6. The largest absolute Gasteiger partial charge is 0.462 e. The standard InChI is InChI=1S/C16H29N3O3.ClH/c1-11(2)13(20)22-8-7-12-9-15(3,4)19(18-14(17)21)16(5,6)10-12;/h12H,1,7-10H2,2-6H3,(H3,17,18,21);1H. The molecule has 3 N–H and O–H groups in total. The summed E-state index contributed by atoms with van der Waals surface area (Å²) in [6, 6.07) is -0.546. The Morgan fingerprint density at radius 1 is 1.26 bits per heavy atom. The molecular weight excluding hydrogens is 318 g/mol. The van der Waals surface area contributed by atoms with E-state index in [4.69, 9.17) is 10.5 Å². The van der Waals surface area contributed by atoms with E-state index in [0.717, 1.165) is 19.3 Å². The fourth-order valence-corrected chi connectivity index (χ4v) is 3.55. The Balaban J connectivity index is 0.00000484. The van der Waals surface area contributed by atoms with Crippen molar-refractivity contribution >= 4 is 24.4 Å². The van der Waals surface area contributed by atoms with E-state index in [1.165, 1.54) is 0 Å². The van der Waals surface area contributed by atoms with Crippen molar-refractivity contribution in [3.8, 4) is 0 Å². The molecule has 0 aliphatic carbocycles. The zero-order chi connectivity index (χ0) is 17.1. The molecule has 0 aromatic heterocycles. The van der Waals surface area contributed by atoms with Crippen LogP contribution in [0.1, 0.15) is 53.9 Å². The van der Waals surface area contributed by atoms with Crippen molar-refractivity contribution in [1.29, 1.82) is 0 Å². The average Bonchev–Trinajstić information content (AvgIpc) is 2.32. The Bertz CT molecular complexity index is 445. The number of nitrogens with two attached hydrogens (primary N) is 1. The van der Waals surface area contributed by atoms with E-state index in [0.29, 0.717) is 18.1 Å². The van der Waals surface area contributed by atoms with Crippen molar-refractivity contribution in [3.63, 3.8) is 0 Å². The second kappa shape index (κ2) is 8.02. The maximum atomic E-state index is 11.4. The Morgan fingerprint density at radius 2 is 1.74 bits per heavy atom. The van der Waals surface area contributed by atoms with Gasteiger partial charge in [-0.25, -0.2) is 14.6 Å². The quantitative estimate of drug-likeness (QED) is 0.591. The number of ether oxygens (including phenoxy) is 1. The maximum absolute atomic E-state index is 11.4. The summed E-state index contributed by atoms with van der Waals surface area (Å²) in [7, 11) is 0. The number of carbonyl (C=O) groups excluding carboxylic acids is 2. The summed E-state index contributed by atoms with van der Waals surface area (Å²) >= 11 is 0. The first-order chi connectivity index (χ1) is 9.95. The average molecular weight is 348 g/mol. The smallest absolute Gasteiger partial charge is 0.333 e. The molecule has 0 spiro atoms. The molecule has 0 aromatic rings. The van der Waals surface area contributed by atoms with Crippen LogP contribution in [0.5, 0.6) is 0 Å². The van der Waals surface area contributed by atoms with E-state index >= 15 is 0 Å². The van der Waals surface area contributed by atoms with Gasteiger partial charge in [-0.2, -0.15) is 0 Å². The van der Waals surface area contributed by atoms with Gasteiger partial charge in [-0.1, -0.05) is 6.58 Å². The molecule has 0 saturated carbocycles. The third kappa shape index (κ3) is 6.03. The summed E-state index contributed by atoms with van der Waals surface area (Å²) in [5.74, 6) is 0.0696. The Hall–Kier alpha value is -1.27. The van der Waals surface area contributed by atoms with Gasteiger partial charge in [-0.15, -0.1) is 12.4 Å². The Morgan fingerprint density at radius 3 is 2.13 bits per heavy atom. The van der Waals surface area contributed by atoms with E-state index in [9.17, 15) is 9.59 Å². The molecule has 1 aliphatic rings. The van der Waals surface area contributed by atoms with Crippen LogP contribution in [0.25, 0.3) is 0 Å². The summed E-state index contributed by atoms with van der Waals surface area (Å²) < 4.78 is 5.19. The topological polar surface area (TPSA) is 84.7 Å². The number of amides is 2. The third-order valence-corrected chi connectivity index (χ3v) is 4.12. The highest BCUT2D eigenvalue weighted by Gasteiger charge is 2.45. The fraction of sp³-hybridized carbons (Fsp3) is 0.750. The number of hydrogen-bond donors (Lipinski definition) is 2. The van der Waals surface area contributed by atoms with E-state index < -0.39 is 6.03 Å². The first-order valence-electron chi connectivity index (χ1n) is 7.65. The summed E-state index contributed by atoms with van der Waals surface area (Å²) in [4.78, 5) is 22.7. The summed E-state index contributed by atoms with van der Waals surface area (Å²) in [5.41, 5.74) is 8.00. The predicted octanol–water partition coefficient (Wildman–Crippen LogP) is 2.77. The van der Waals surface area contributed by atoms with Gasteiger partial charge in [0.25, 0.3) is 0 Å². The van der Waals surface area contributed by atoms with Crippen LogP contribution in [0.4, 0.5) is 4.79 Å². The number of hydrazine groups is 1. The summed E-state index contributed by atoms with van der Waals surface area (Å²) in [6.07, 6.45) is 2.58. The molecule has 0 aromatic carbocycles. The highest BCUT2D eigenvalue weighted by atomic mass is 35.5. The number of nitrogens with zero attached hydrogens (tertiary/aromatic N) is 1. The van der Waals surface area contributed by atoms with Crippen LogP contribution in [0.2, 0.25) is 0 Å². The lowest BCUT2D eigenvalue weighted by Gasteiger charge is -2.54. The second-order valence-corrected chi connectivity index (χ2v) is 7.42. The number of hydrogen-bond acceptors (Lipinski definition) is 4. The molecule has 0 atom stereocenters. The number of piperidine rings is 1. The number of primary amides is 1. The molecule has 1 saturated heterocycles. The van der Waals surface area contributed by atoms with Crippen LogP contribution in [-0.4, -0.2) is 34.7 Å². The highest BCUT2D eigenvalue weighted by Crippen LogP contribution is 2.41. The molecule has 0 radical (unpaired) electrons. The minimum Gasteiger partial charge on any atom is -0.462 e. The van der Waals surface area contributed by atoms with Gasteiger partial charge in [0.15, 0.2) is 0 Å². The van der Waals surface area contributed by atoms with Crippen molar-refractivity contribution in [2.45, 2.75) is 65.0 Å². The van der Waals surface area contributed by atoms with E-state index in [1.807, 2.05) is 5.01 Å². The first kappa shape index (κ1) is 21.7. The lowest BCUT2D eigenvalue weighted by Crippen LogP contribution is -2.67. The minimum absolute atomic E-state index is 0. The van der Waals surface area contributed by atoms with Gasteiger partial charge in [0, 0.05) is 16.7 Å². The predicted molar refractivity (Wildman–Crippen MR) is 93.1 cm³/mol. The number of halogens is 1. The monoisotopic (exact) mass is 347 g/mol. The normalized spacial score (nSPS) is 20.2. The molecule has 1 heterocycles. The molecule has 0 unspecified atom stereocenters. The molecule has 1 aliphatic heterocycles. The number of esters is 1. The van der Waals surface area contributed by atoms with Crippen LogP contribution in [0.3, 0.4) is 0 Å². The second-order valence-electron chi connectivity index (χ2n) is 7.42. The molecule has 1 rings (SSSR count). The number of urea groups is 1. The van der Waals surface area contributed by atoms with Crippen LogP contribution in [0.15, 0.2) is 12.2 Å². The first-order valence-corrected chi connectivity index (χ1v) is 7.65. The number of nitrogens with one attached hydrogen (secondary N) is 1. The summed E-state index contributed by atoms with van der Waals surface area (Å²) in [6.45, 7) is 13.9. The molecular formula is C16H30ClN3O3. The molecule has 0 bridgehead atoms. The summed E-state index contributed by atoms with van der Waals surface area (Å²) in [5, 5.41) is 1.94. The minimum atomic E-state index is -0.546. The van der Waals surface area contributed by atoms with Gasteiger partial charge in [-0.3, -0.25) is 5.43 Å². The molecule has 6 nitrogen and oxygen atoms in total. The lowest BCUT2D eigenvalue weighted by atomic mass is 9.74.